The van der Waals surface area contributed by atoms with E-state index in [1.807, 2.05) is 12.1 Å². The van der Waals surface area contributed by atoms with Crippen LogP contribution in [0.3, 0.4) is 0 Å². The number of nitrogens with two attached hydrogens (primary N) is 1. The molecule has 0 fully saturated rings. The SMILES string of the molecule is CN(C)Cc1cccc(Cc2cc[c]cc2CN)c1. The Morgan fingerprint density at radius 1 is 1.11 bits per heavy atom. The number of nitrogens with zero attached hydrogens (tertiary/aromatic N) is 1. The average Bonchev–Trinajstić information content (AvgIpc) is 2.39. The smallest absolute Gasteiger partial charge is 0.0227 e. The molecule has 0 spiro atoms. The van der Waals surface area contributed by atoms with E-state index < -0.39 is 0 Å². The van der Waals surface area contributed by atoms with Crippen molar-refractivity contribution in [3.8, 4) is 0 Å². The van der Waals surface area contributed by atoms with E-state index in [1.165, 1.54) is 22.3 Å². The van der Waals surface area contributed by atoms with Crippen LogP contribution >= 0.6 is 0 Å². The minimum atomic E-state index is 0.573. The van der Waals surface area contributed by atoms with Crippen LogP contribution in [0.25, 0.3) is 0 Å². The van der Waals surface area contributed by atoms with Gasteiger partial charge < -0.3 is 10.6 Å². The molecule has 0 heterocycles. The molecule has 0 aliphatic carbocycles. The molecule has 0 aliphatic heterocycles. The van der Waals surface area contributed by atoms with Crippen LogP contribution in [-0.4, -0.2) is 19.0 Å². The Morgan fingerprint density at radius 3 is 2.63 bits per heavy atom. The average molecular weight is 253 g/mol. The van der Waals surface area contributed by atoms with E-state index in [2.05, 4.69) is 55.4 Å². The highest BCUT2D eigenvalue weighted by Gasteiger charge is 2.03. The van der Waals surface area contributed by atoms with Crippen molar-refractivity contribution >= 4 is 0 Å². The molecule has 19 heavy (non-hydrogen) atoms. The molecule has 0 aromatic heterocycles. The molecule has 2 aromatic carbocycles. The lowest BCUT2D eigenvalue weighted by Crippen LogP contribution is -2.10. The first-order valence-electron chi connectivity index (χ1n) is 6.59. The zero-order valence-corrected chi connectivity index (χ0v) is 11.7. The zero-order chi connectivity index (χ0) is 13.7. The van der Waals surface area contributed by atoms with Crippen molar-refractivity contribution in [3.05, 3.63) is 70.8 Å². The maximum Gasteiger partial charge on any atom is 0.0227 e. The molecule has 2 heteroatoms. The molecule has 2 nitrogen and oxygen atoms in total. The zero-order valence-electron chi connectivity index (χ0n) is 11.7. The summed E-state index contributed by atoms with van der Waals surface area (Å²) in [5, 5.41) is 0. The summed E-state index contributed by atoms with van der Waals surface area (Å²) in [7, 11) is 4.18. The lowest BCUT2D eigenvalue weighted by molar-refractivity contribution is 0.402. The summed E-state index contributed by atoms with van der Waals surface area (Å²) < 4.78 is 0. The molecule has 2 N–H and O–H groups in total. The normalized spacial score (nSPS) is 10.9. The second-order valence-corrected chi connectivity index (χ2v) is 5.13. The van der Waals surface area contributed by atoms with Gasteiger partial charge in [-0.3, -0.25) is 0 Å². The van der Waals surface area contributed by atoms with Gasteiger partial charge in [0.2, 0.25) is 0 Å². The largest absolute Gasteiger partial charge is 0.326 e. The molecule has 0 atom stereocenters. The first-order valence-corrected chi connectivity index (χ1v) is 6.59. The third kappa shape index (κ3) is 3.91. The molecular formula is C17H21N2. The number of rotatable bonds is 5. The van der Waals surface area contributed by atoms with Gasteiger partial charge in [-0.1, -0.05) is 36.4 Å². The van der Waals surface area contributed by atoms with Crippen molar-refractivity contribution < 1.29 is 0 Å². The fourth-order valence-corrected chi connectivity index (χ4v) is 2.28. The van der Waals surface area contributed by atoms with Gasteiger partial charge in [-0.2, -0.15) is 0 Å². The highest BCUT2D eigenvalue weighted by molar-refractivity contribution is 5.34. The van der Waals surface area contributed by atoms with Crippen LogP contribution in [0.5, 0.6) is 0 Å². The molecule has 99 valence electrons. The molecule has 2 aromatic rings. The minimum Gasteiger partial charge on any atom is -0.326 e. The van der Waals surface area contributed by atoms with Crippen LogP contribution in [0.4, 0.5) is 0 Å². The first-order chi connectivity index (χ1) is 9.19. The van der Waals surface area contributed by atoms with Gasteiger partial charge in [0.15, 0.2) is 0 Å². The third-order valence-corrected chi connectivity index (χ3v) is 3.16. The van der Waals surface area contributed by atoms with E-state index in [0.29, 0.717) is 6.54 Å². The van der Waals surface area contributed by atoms with Gasteiger partial charge in [0.25, 0.3) is 0 Å². The molecule has 2 rings (SSSR count). The van der Waals surface area contributed by atoms with Gasteiger partial charge in [0.05, 0.1) is 0 Å². The standard InChI is InChI=1S/C17H21N2/c1-19(2)13-15-7-5-6-14(10-15)11-16-8-3-4-9-17(16)12-18/h3,5-10H,11-13,18H2,1-2H3. The molecule has 0 saturated heterocycles. The van der Waals surface area contributed by atoms with E-state index in [4.69, 9.17) is 5.73 Å². The predicted molar refractivity (Wildman–Crippen MR) is 79.8 cm³/mol. The summed E-state index contributed by atoms with van der Waals surface area (Å²) in [4.78, 5) is 2.18. The van der Waals surface area contributed by atoms with Crippen molar-refractivity contribution in [2.45, 2.75) is 19.5 Å². The van der Waals surface area contributed by atoms with Gasteiger partial charge in [-0.05, 0) is 54.9 Å². The lowest BCUT2D eigenvalue weighted by Gasteiger charge is -2.12. The van der Waals surface area contributed by atoms with Crippen LogP contribution in [-0.2, 0) is 19.5 Å². The number of hydrogen-bond acceptors (Lipinski definition) is 2. The predicted octanol–water partition coefficient (Wildman–Crippen LogP) is 2.60. The first kappa shape index (κ1) is 13.8. The topological polar surface area (TPSA) is 29.3 Å². The molecular weight excluding hydrogens is 232 g/mol. The number of benzene rings is 2. The van der Waals surface area contributed by atoms with E-state index >= 15 is 0 Å². The van der Waals surface area contributed by atoms with Gasteiger partial charge in [-0.15, -0.1) is 0 Å². The van der Waals surface area contributed by atoms with E-state index in [1.54, 1.807) is 0 Å². The van der Waals surface area contributed by atoms with Crippen LogP contribution in [0.2, 0.25) is 0 Å². The Kier molecular flexibility index (Phi) is 4.72. The Bertz CT molecular complexity index is 532. The van der Waals surface area contributed by atoms with Gasteiger partial charge in [-0.25, -0.2) is 0 Å². The molecule has 0 saturated carbocycles. The van der Waals surface area contributed by atoms with E-state index in [-0.39, 0.29) is 0 Å². The Hall–Kier alpha value is -1.64. The van der Waals surface area contributed by atoms with E-state index in [9.17, 15) is 0 Å². The van der Waals surface area contributed by atoms with Crippen molar-refractivity contribution in [2.75, 3.05) is 14.1 Å². The third-order valence-electron chi connectivity index (χ3n) is 3.16. The van der Waals surface area contributed by atoms with Gasteiger partial charge >= 0.3 is 0 Å². The lowest BCUT2D eigenvalue weighted by atomic mass is 9.98. The summed E-state index contributed by atoms with van der Waals surface area (Å²) >= 11 is 0. The fraction of sp³-hybridized carbons (Fsp3) is 0.294. The summed E-state index contributed by atoms with van der Waals surface area (Å²) in [6, 6.07) is 17.9. The van der Waals surface area contributed by atoms with Gasteiger partial charge in [0, 0.05) is 13.1 Å². The number of hydrogen-bond donors (Lipinski definition) is 1. The Morgan fingerprint density at radius 2 is 1.89 bits per heavy atom. The fourth-order valence-electron chi connectivity index (χ4n) is 2.28. The molecule has 0 amide bonds. The van der Waals surface area contributed by atoms with E-state index in [0.717, 1.165) is 13.0 Å². The van der Waals surface area contributed by atoms with Crippen molar-refractivity contribution in [1.29, 1.82) is 0 Å². The Balaban J connectivity index is 2.18. The quantitative estimate of drug-likeness (QED) is 0.887. The maximum atomic E-state index is 5.77. The summed E-state index contributed by atoms with van der Waals surface area (Å²) in [6.07, 6.45) is 0.933. The summed E-state index contributed by atoms with van der Waals surface area (Å²) in [6.45, 7) is 1.55. The van der Waals surface area contributed by atoms with Crippen LogP contribution < -0.4 is 5.73 Å². The second kappa shape index (κ2) is 6.50. The van der Waals surface area contributed by atoms with Gasteiger partial charge in [0.1, 0.15) is 0 Å². The second-order valence-electron chi connectivity index (χ2n) is 5.13. The summed E-state index contributed by atoms with van der Waals surface area (Å²) in [5.74, 6) is 0. The highest BCUT2D eigenvalue weighted by atomic mass is 15.0. The highest BCUT2D eigenvalue weighted by Crippen LogP contribution is 2.15. The molecule has 0 bridgehead atoms. The van der Waals surface area contributed by atoms with Crippen molar-refractivity contribution in [1.82, 2.24) is 4.90 Å². The van der Waals surface area contributed by atoms with Crippen molar-refractivity contribution in [2.24, 2.45) is 5.73 Å². The molecule has 1 radical (unpaired) electrons. The van der Waals surface area contributed by atoms with Crippen LogP contribution in [0, 0.1) is 6.07 Å². The minimum absolute atomic E-state index is 0.573. The maximum absolute atomic E-state index is 5.77. The van der Waals surface area contributed by atoms with Crippen LogP contribution in [0.1, 0.15) is 22.3 Å². The monoisotopic (exact) mass is 253 g/mol. The van der Waals surface area contributed by atoms with Crippen molar-refractivity contribution in [3.63, 3.8) is 0 Å². The summed E-state index contributed by atoms with van der Waals surface area (Å²) in [5.41, 5.74) is 10.9. The molecule has 0 aliphatic rings. The van der Waals surface area contributed by atoms with Crippen LogP contribution in [0.15, 0.2) is 42.5 Å². The Labute approximate surface area is 115 Å². The molecule has 0 unspecified atom stereocenters.